The van der Waals surface area contributed by atoms with E-state index in [1.165, 1.54) is 17.0 Å². The first kappa shape index (κ1) is 17.2. The fraction of sp³-hybridized carbons (Fsp3) is 0.812. The van der Waals surface area contributed by atoms with Crippen LogP contribution in [-0.4, -0.2) is 46.9 Å². The Morgan fingerprint density at radius 1 is 1.20 bits per heavy atom. The molecule has 4 nitrogen and oxygen atoms in total. The Kier molecular flexibility index (Phi) is 7.24. The van der Waals surface area contributed by atoms with Crippen molar-refractivity contribution in [2.75, 3.05) is 26.2 Å². The van der Waals surface area contributed by atoms with E-state index in [-0.39, 0.29) is 0 Å². The van der Waals surface area contributed by atoms with E-state index in [1.807, 2.05) is 0 Å². The third-order valence-electron chi connectivity index (χ3n) is 4.13. The molecule has 1 rings (SSSR count). The largest absolute Gasteiger partial charge is 0.313 e. The van der Waals surface area contributed by atoms with Crippen LogP contribution in [0.25, 0.3) is 0 Å². The molecule has 0 fully saturated rings. The molecule has 0 aliphatic rings. The number of rotatable bonds is 9. The van der Waals surface area contributed by atoms with Gasteiger partial charge in [-0.2, -0.15) is 5.10 Å². The first-order valence-electron chi connectivity index (χ1n) is 8.01. The van der Waals surface area contributed by atoms with Gasteiger partial charge >= 0.3 is 0 Å². The number of aryl methyl sites for hydroxylation is 2. The maximum atomic E-state index is 4.58. The van der Waals surface area contributed by atoms with Gasteiger partial charge in [0.2, 0.25) is 0 Å². The van der Waals surface area contributed by atoms with Crippen LogP contribution in [0.5, 0.6) is 0 Å². The number of hydrogen-bond donors (Lipinski definition) is 1. The van der Waals surface area contributed by atoms with Crippen LogP contribution in [0.2, 0.25) is 0 Å². The molecule has 116 valence electrons. The van der Waals surface area contributed by atoms with Crippen molar-refractivity contribution in [3.8, 4) is 0 Å². The summed E-state index contributed by atoms with van der Waals surface area (Å²) in [5.74, 6) is 0. The molecule has 0 spiro atoms. The molecule has 1 unspecified atom stereocenters. The lowest BCUT2D eigenvalue weighted by Crippen LogP contribution is -2.39. The molecular formula is C16H32N4. The van der Waals surface area contributed by atoms with Crippen LogP contribution in [0.15, 0.2) is 0 Å². The molecule has 20 heavy (non-hydrogen) atoms. The number of nitrogens with one attached hydrogen (secondary N) is 1. The van der Waals surface area contributed by atoms with E-state index in [0.717, 1.165) is 39.1 Å². The second kappa shape index (κ2) is 8.42. The number of nitrogens with zero attached hydrogens (tertiary/aromatic N) is 3. The summed E-state index contributed by atoms with van der Waals surface area (Å²) < 4.78 is 2.10. The lowest BCUT2D eigenvalue weighted by atomic mass is 10.1. The standard InChI is InChI=1S/C16H32N4/c1-7-19(8-2)12-13(4)17-11-10-16-14(5)18-20(9-3)15(16)6/h13,17H,7-12H2,1-6H3. The maximum Gasteiger partial charge on any atom is 0.0628 e. The highest BCUT2D eigenvalue weighted by Gasteiger charge is 2.11. The summed E-state index contributed by atoms with van der Waals surface area (Å²) in [7, 11) is 0. The first-order chi connectivity index (χ1) is 9.53. The Balaban J connectivity index is 2.42. The fourth-order valence-electron chi connectivity index (χ4n) is 2.78. The van der Waals surface area contributed by atoms with Gasteiger partial charge in [-0.05, 0) is 59.3 Å². The molecule has 1 aromatic rings. The van der Waals surface area contributed by atoms with Gasteiger partial charge in [0.1, 0.15) is 0 Å². The van der Waals surface area contributed by atoms with Crippen LogP contribution >= 0.6 is 0 Å². The SMILES string of the molecule is CCN(CC)CC(C)NCCc1c(C)nn(CC)c1C. The minimum Gasteiger partial charge on any atom is -0.313 e. The average Bonchev–Trinajstić information content (AvgIpc) is 2.71. The first-order valence-corrected chi connectivity index (χ1v) is 8.01. The van der Waals surface area contributed by atoms with E-state index in [0.29, 0.717) is 6.04 Å². The van der Waals surface area contributed by atoms with Crippen LogP contribution in [0.1, 0.15) is 44.6 Å². The van der Waals surface area contributed by atoms with Gasteiger partial charge in [0.25, 0.3) is 0 Å². The molecule has 1 atom stereocenters. The predicted octanol–water partition coefficient (Wildman–Crippen LogP) is 2.38. The molecule has 1 N–H and O–H groups in total. The third-order valence-corrected chi connectivity index (χ3v) is 4.13. The molecule has 4 heteroatoms. The van der Waals surface area contributed by atoms with Gasteiger partial charge in [-0.3, -0.25) is 4.68 Å². The maximum absolute atomic E-state index is 4.58. The molecule has 0 aromatic carbocycles. The Bertz CT molecular complexity index is 393. The molecule has 0 saturated heterocycles. The molecule has 0 aliphatic carbocycles. The Morgan fingerprint density at radius 2 is 1.85 bits per heavy atom. The van der Waals surface area contributed by atoms with Gasteiger partial charge < -0.3 is 10.2 Å². The zero-order valence-electron chi connectivity index (χ0n) is 14.2. The Hall–Kier alpha value is -0.870. The summed E-state index contributed by atoms with van der Waals surface area (Å²) in [4.78, 5) is 2.46. The van der Waals surface area contributed by atoms with Crippen LogP contribution in [0.4, 0.5) is 0 Å². The normalized spacial score (nSPS) is 13.2. The summed E-state index contributed by atoms with van der Waals surface area (Å²) >= 11 is 0. The lowest BCUT2D eigenvalue weighted by Gasteiger charge is -2.23. The van der Waals surface area contributed by atoms with E-state index in [9.17, 15) is 0 Å². The van der Waals surface area contributed by atoms with Crippen molar-refractivity contribution in [2.24, 2.45) is 0 Å². The molecule has 0 saturated carbocycles. The van der Waals surface area contributed by atoms with E-state index in [1.54, 1.807) is 0 Å². The van der Waals surface area contributed by atoms with Crippen molar-refractivity contribution in [1.29, 1.82) is 0 Å². The van der Waals surface area contributed by atoms with Gasteiger partial charge in [-0.25, -0.2) is 0 Å². The third kappa shape index (κ3) is 4.60. The van der Waals surface area contributed by atoms with Gasteiger partial charge in [-0.1, -0.05) is 13.8 Å². The lowest BCUT2D eigenvalue weighted by molar-refractivity contribution is 0.272. The topological polar surface area (TPSA) is 33.1 Å². The summed E-state index contributed by atoms with van der Waals surface area (Å²) in [6.45, 7) is 18.5. The molecule has 1 heterocycles. The van der Waals surface area contributed by atoms with Gasteiger partial charge in [-0.15, -0.1) is 0 Å². The highest BCUT2D eigenvalue weighted by Crippen LogP contribution is 2.13. The van der Waals surface area contributed by atoms with Gasteiger partial charge in [0.05, 0.1) is 5.69 Å². The minimum absolute atomic E-state index is 0.539. The van der Waals surface area contributed by atoms with Crippen LogP contribution in [-0.2, 0) is 13.0 Å². The smallest absolute Gasteiger partial charge is 0.0628 e. The van der Waals surface area contributed by atoms with Crippen molar-refractivity contribution in [3.63, 3.8) is 0 Å². The van der Waals surface area contributed by atoms with E-state index >= 15 is 0 Å². The number of hydrogen-bond acceptors (Lipinski definition) is 3. The van der Waals surface area contributed by atoms with Crippen molar-refractivity contribution in [2.45, 2.75) is 60.5 Å². The van der Waals surface area contributed by atoms with Crippen molar-refractivity contribution < 1.29 is 0 Å². The second-order valence-corrected chi connectivity index (χ2v) is 5.56. The number of likely N-dealkylation sites (N-methyl/N-ethyl adjacent to an activating group) is 1. The molecule has 0 aliphatic heterocycles. The number of aromatic nitrogens is 2. The fourth-order valence-corrected chi connectivity index (χ4v) is 2.78. The Labute approximate surface area is 124 Å². The highest BCUT2D eigenvalue weighted by molar-refractivity contribution is 5.24. The zero-order chi connectivity index (χ0) is 15.1. The molecule has 0 amide bonds. The molecule has 1 aromatic heterocycles. The Morgan fingerprint density at radius 3 is 2.35 bits per heavy atom. The summed E-state index contributed by atoms with van der Waals surface area (Å²) in [5, 5.41) is 8.22. The van der Waals surface area contributed by atoms with Crippen molar-refractivity contribution in [1.82, 2.24) is 20.0 Å². The van der Waals surface area contributed by atoms with E-state index in [2.05, 4.69) is 61.5 Å². The quantitative estimate of drug-likeness (QED) is 0.754. The van der Waals surface area contributed by atoms with Gasteiger partial charge in [0, 0.05) is 24.8 Å². The molecular weight excluding hydrogens is 248 g/mol. The zero-order valence-corrected chi connectivity index (χ0v) is 14.2. The van der Waals surface area contributed by atoms with E-state index in [4.69, 9.17) is 0 Å². The predicted molar refractivity (Wildman–Crippen MR) is 86.3 cm³/mol. The molecule has 0 radical (unpaired) electrons. The monoisotopic (exact) mass is 280 g/mol. The van der Waals surface area contributed by atoms with Gasteiger partial charge in [0.15, 0.2) is 0 Å². The molecule has 0 bridgehead atoms. The van der Waals surface area contributed by atoms with Crippen LogP contribution in [0.3, 0.4) is 0 Å². The van der Waals surface area contributed by atoms with Crippen molar-refractivity contribution >= 4 is 0 Å². The summed E-state index contributed by atoms with van der Waals surface area (Å²) in [6.07, 6.45) is 1.07. The van der Waals surface area contributed by atoms with Crippen LogP contribution < -0.4 is 5.32 Å². The summed E-state index contributed by atoms with van der Waals surface area (Å²) in [5.41, 5.74) is 3.92. The van der Waals surface area contributed by atoms with E-state index < -0.39 is 0 Å². The van der Waals surface area contributed by atoms with Crippen molar-refractivity contribution in [3.05, 3.63) is 17.0 Å². The average molecular weight is 280 g/mol. The summed E-state index contributed by atoms with van der Waals surface area (Å²) in [6, 6.07) is 0.539. The minimum atomic E-state index is 0.539. The second-order valence-electron chi connectivity index (χ2n) is 5.56. The highest BCUT2D eigenvalue weighted by atomic mass is 15.3. The van der Waals surface area contributed by atoms with Crippen LogP contribution in [0, 0.1) is 13.8 Å².